The summed E-state index contributed by atoms with van der Waals surface area (Å²) in [6.07, 6.45) is -3.03. The molecule has 0 saturated heterocycles. The van der Waals surface area contributed by atoms with Crippen molar-refractivity contribution < 1.29 is 17.9 Å². The number of nitrogens with two attached hydrogens (primary N) is 1. The lowest BCUT2D eigenvalue weighted by atomic mass is 10.2. The number of nitrogens with zero attached hydrogens (tertiary/aromatic N) is 1. The summed E-state index contributed by atoms with van der Waals surface area (Å²) in [5, 5.41) is 0. The van der Waals surface area contributed by atoms with Crippen molar-refractivity contribution in [3.63, 3.8) is 0 Å². The highest BCUT2D eigenvalue weighted by molar-refractivity contribution is 5.53. The fourth-order valence-corrected chi connectivity index (χ4v) is 0.810. The van der Waals surface area contributed by atoms with Gasteiger partial charge in [0.05, 0.1) is 5.69 Å². The molecule has 0 aliphatic heterocycles. The Kier molecular flexibility index (Phi) is 2.83. The fraction of sp³-hybridized carbons (Fsp3) is 0.375. The van der Waals surface area contributed by atoms with E-state index in [1.54, 1.807) is 13.0 Å². The number of aromatic nitrogens is 1. The maximum absolute atomic E-state index is 11.8. The first kappa shape index (κ1) is 10.6. The van der Waals surface area contributed by atoms with Gasteiger partial charge >= 0.3 is 6.18 Å². The molecule has 0 fully saturated rings. The Hall–Kier alpha value is -1.46. The smallest absolute Gasteiger partial charge is 0.422 e. The fourth-order valence-electron chi connectivity index (χ4n) is 0.810. The standard InChI is InChI=1S/C8H9F3N2O/c1-5-2-3-13-7(6(5)12)14-4-8(9,10)11/h2-3H,4,12H2,1H3. The molecule has 1 rings (SSSR count). The zero-order valence-corrected chi connectivity index (χ0v) is 7.43. The average Bonchev–Trinajstić information content (AvgIpc) is 2.06. The highest BCUT2D eigenvalue weighted by Crippen LogP contribution is 2.23. The number of hydrogen-bond acceptors (Lipinski definition) is 3. The molecule has 1 aromatic heterocycles. The quantitative estimate of drug-likeness (QED) is 0.804. The van der Waals surface area contributed by atoms with Crippen LogP contribution in [0.1, 0.15) is 5.56 Å². The maximum atomic E-state index is 11.8. The molecule has 0 aliphatic rings. The van der Waals surface area contributed by atoms with Gasteiger partial charge in [0.2, 0.25) is 5.88 Å². The van der Waals surface area contributed by atoms with E-state index in [2.05, 4.69) is 9.72 Å². The van der Waals surface area contributed by atoms with Crippen LogP contribution in [0.15, 0.2) is 12.3 Å². The lowest BCUT2D eigenvalue weighted by Gasteiger charge is -2.10. The summed E-state index contributed by atoms with van der Waals surface area (Å²) in [5.41, 5.74) is 6.23. The van der Waals surface area contributed by atoms with Gasteiger partial charge in [0.15, 0.2) is 6.61 Å². The van der Waals surface area contributed by atoms with Crippen LogP contribution in [-0.2, 0) is 0 Å². The molecule has 0 amide bonds. The molecule has 2 N–H and O–H groups in total. The Bertz CT molecular complexity index is 325. The number of alkyl halides is 3. The van der Waals surface area contributed by atoms with Gasteiger partial charge in [-0.15, -0.1) is 0 Å². The SMILES string of the molecule is Cc1ccnc(OCC(F)(F)F)c1N. The van der Waals surface area contributed by atoms with Gasteiger partial charge in [-0.05, 0) is 18.6 Å². The number of pyridine rings is 1. The van der Waals surface area contributed by atoms with Gasteiger partial charge in [0.25, 0.3) is 0 Å². The lowest BCUT2D eigenvalue weighted by Crippen LogP contribution is -2.20. The van der Waals surface area contributed by atoms with Crippen LogP contribution in [0.25, 0.3) is 0 Å². The second-order valence-corrected chi connectivity index (χ2v) is 2.75. The summed E-state index contributed by atoms with van der Waals surface area (Å²) in [7, 11) is 0. The Morgan fingerprint density at radius 2 is 2.14 bits per heavy atom. The minimum Gasteiger partial charge on any atom is -0.467 e. The monoisotopic (exact) mass is 206 g/mol. The van der Waals surface area contributed by atoms with Crippen molar-refractivity contribution in [2.45, 2.75) is 13.1 Å². The van der Waals surface area contributed by atoms with E-state index in [4.69, 9.17) is 5.73 Å². The molecule has 1 heterocycles. The van der Waals surface area contributed by atoms with Gasteiger partial charge in [-0.25, -0.2) is 4.98 Å². The summed E-state index contributed by atoms with van der Waals surface area (Å²) < 4.78 is 39.8. The van der Waals surface area contributed by atoms with E-state index in [0.717, 1.165) is 0 Å². The predicted molar refractivity (Wildman–Crippen MR) is 44.9 cm³/mol. The highest BCUT2D eigenvalue weighted by Gasteiger charge is 2.29. The third kappa shape index (κ3) is 2.79. The molecule has 0 saturated carbocycles. The molecule has 14 heavy (non-hydrogen) atoms. The summed E-state index contributed by atoms with van der Waals surface area (Å²) in [6.45, 7) is 0.283. The van der Waals surface area contributed by atoms with Crippen LogP contribution in [0.2, 0.25) is 0 Å². The molecule has 0 aliphatic carbocycles. The van der Waals surface area contributed by atoms with Crippen LogP contribution in [0.3, 0.4) is 0 Å². The molecule has 0 aromatic carbocycles. The van der Waals surface area contributed by atoms with Crippen molar-refractivity contribution >= 4 is 5.69 Å². The summed E-state index contributed by atoms with van der Waals surface area (Å²) in [6, 6.07) is 1.59. The van der Waals surface area contributed by atoms with Crippen molar-refractivity contribution in [2.75, 3.05) is 12.3 Å². The van der Waals surface area contributed by atoms with Crippen LogP contribution < -0.4 is 10.5 Å². The first-order chi connectivity index (χ1) is 6.40. The molecule has 0 atom stereocenters. The number of anilines is 1. The van der Waals surface area contributed by atoms with Crippen molar-refractivity contribution in [1.82, 2.24) is 4.98 Å². The largest absolute Gasteiger partial charge is 0.467 e. The van der Waals surface area contributed by atoms with Gasteiger partial charge < -0.3 is 10.5 Å². The van der Waals surface area contributed by atoms with Crippen LogP contribution in [0.4, 0.5) is 18.9 Å². The number of nitrogen functional groups attached to an aromatic ring is 1. The lowest BCUT2D eigenvalue weighted by molar-refractivity contribution is -0.153. The van der Waals surface area contributed by atoms with Gasteiger partial charge in [-0.3, -0.25) is 0 Å². The zero-order chi connectivity index (χ0) is 10.8. The van der Waals surface area contributed by atoms with Gasteiger partial charge in [-0.1, -0.05) is 0 Å². The van der Waals surface area contributed by atoms with E-state index in [1.165, 1.54) is 6.20 Å². The van der Waals surface area contributed by atoms with E-state index in [1.807, 2.05) is 0 Å². The Morgan fingerprint density at radius 3 is 2.71 bits per heavy atom. The molecule has 0 bridgehead atoms. The van der Waals surface area contributed by atoms with E-state index in [9.17, 15) is 13.2 Å². The molecular formula is C8H9F3N2O. The van der Waals surface area contributed by atoms with E-state index in [0.29, 0.717) is 5.56 Å². The zero-order valence-electron chi connectivity index (χ0n) is 7.43. The highest BCUT2D eigenvalue weighted by atomic mass is 19.4. The topological polar surface area (TPSA) is 48.1 Å². The maximum Gasteiger partial charge on any atom is 0.422 e. The molecule has 1 aromatic rings. The van der Waals surface area contributed by atoms with E-state index in [-0.39, 0.29) is 11.6 Å². The molecule has 6 heteroatoms. The molecule has 0 unspecified atom stereocenters. The third-order valence-electron chi connectivity index (χ3n) is 1.54. The minimum atomic E-state index is -4.38. The number of hydrogen-bond donors (Lipinski definition) is 1. The Labute approximate surface area is 78.7 Å². The van der Waals surface area contributed by atoms with Crippen LogP contribution >= 0.6 is 0 Å². The second-order valence-electron chi connectivity index (χ2n) is 2.75. The van der Waals surface area contributed by atoms with Crippen molar-refractivity contribution in [1.29, 1.82) is 0 Å². The number of aryl methyl sites for hydroxylation is 1. The van der Waals surface area contributed by atoms with Crippen molar-refractivity contribution in [3.8, 4) is 5.88 Å². The normalized spacial score (nSPS) is 11.4. The van der Waals surface area contributed by atoms with Crippen molar-refractivity contribution in [2.24, 2.45) is 0 Å². The summed E-state index contributed by atoms with van der Waals surface area (Å²) in [5.74, 6) is -0.178. The average molecular weight is 206 g/mol. The number of ether oxygens (including phenoxy) is 1. The molecule has 0 radical (unpaired) electrons. The van der Waals surface area contributed by atoms with Gasteiger partial charge in [0, 0.05) is 6.20 Å². The minimum absolute atomic E-state index is 0.136. The Balaban J connectivity index is 2.73. The Morgan fingerprint density at radius 1 is 1.50 bits per heavy atom. The number of halogens is 3. The molecule has 0 spiro atoms. The first-order valence-corrected chi connectivity index (χ1v) is 3.81. The summed E-state index contributed by atoms with van der Waals surface area (Å²) in [4.78, 5) is 3.59. The van der Waals surface area contributed by atoms with Crippen LogP contribution in [0, 0.1) is 6.92 Å². The van der Waals surface area contributed by atoms with Gasteiger partial charge in [0.1, 0.15) is 0 Å². The molecule has 78 valence electrons. The second kappa shape index (κ2) is 3.73. The predicted octanol–water partition coefficient (Wildman–Crippen LogP) is 1.91. The number of rotatable bonds is 2. The van der Waals surface area contributed by atoms with Crippen molar-refractivity contribution in [3.05, 3.63) is 17.8 Å². The molecular weight excluding hydrogens is 197 g/mol. The van der Waals surface area contributed by atoms with Crippen LogP contribution in [-0.4, -0.2) is 17.8 Å². The third-order valence-corrected chi connectivity index (χ3v) is 1.54. The van der Waals surface area contributed by atoms with Gasteiger partial charge in [-0.2, -0.15) is 13.2 Å². The molecule has 3 nitrogen and oxygen atoms in total. The summed E-state index contributed by atoms with van der Waals surface area (Å²) >= 11 is 0. The van der Waals surface area contributed by atoms with E-state index >= 15 is 0 Å². The first-order valence-electron chi connectivity index (χ1n) is 3.81. The van der Waals surface area contributed by atoms with Crippen LogP contribution in [0.5, 0.6) is 5.88 Å². The van der Waals surface area contributed by atoms with E-state index < -0.39 is 12.8 Å².